The molecule has 2 heteroatoms. The van der Waals surface area contributed by atoms with Crippen LogP contribution in [0, 0.1) is 0 Å². The molecule has 66 heavy (non-hydrogen) atoms. The van der Waals surface area contributed by atoms with Crippen molar-refractivity contribution < 1.29 is 0 Å². The summed E-state index contributed by atoms with van der Waals surface area (Å²) >= 11 is 0. The highest BCUT2D eigenvalue weighted by atomic mass is 14.9. The minimum absolute atomic E-state index is 1.22. The van der Waals surface area contributed by atoms with Crippen LogP contribution in [0.5, 0.6) is 0 Å². The average molecular weight is 833 g/mol. The minimum Gasteiger partial charge on any atom is -0.308 e. The van der Waals surface area contributed by atoms with E-state index in [1.54, 1.807) is 0 Å². The van der Waals surface area contributed by atoms with Crippen LogP contribution < -0.4 is 0 Å². The van der Waals surface area contributed by atoms with Crippen molar-refractivity contribution in [3.63, 3.8) is 0 Å². The van der Waals surface area contributed by atoms with Crippen molar-refractivity contribution in [2.75, 3.05) is 0 Å². The zero-order valence-corrected chi connectivity index (χ0v) is 35.7. The van der Waals surface area contributed by atoms with Gasteiger partial charge in [-0.25, -0.2) is 0 Å². The van der Waals surface area contributed by atoms with Crippen molar-refractivity contribution >= 4 is 119 Å². The molecule has 2 nitrogen and oxygen atoms in total. The summed E-state index contributed by atoms with van der Waals surface area (Å²) in [4.78, 5) is 0. The van der Waals surface area contributed by atoms with Gasteiger partial charge in [-0.2, -0.15) is 0 Å². The molecule has 0 bridgehead atoms. The maximum absolute atomic E-state index is 2.59. The van der Waals surface area contributed by atoms with Crippen LogP contribution in [-0.2, 0) is 0 Å². The molecule has 0 aliphatic heterocycles. The molecule has 302 valence electrons. The highest BCUT2D eigenvalue weighted by Crippen LogP contribution is 2.51. The molecule has 16 rings (SSSR count). The second-order valence-corrected chi connectivity index (χ2v) is 18.3. The van der Waals surface area contributed by atoms with E-state index < -0.39 is 0 Å². The number of fused-ring (bicyclic) bond motifs is 17. The summed E-state index contributed by atoms with van der Waals surface area (Å²) in [6.45, 7) is 0. The average Bonchev–Trinajstić information content (AvgIpc) is 4.11. The molecule has 0 aliphatic carbocycles. The van der Waals surface area contributed by atoms with Crippen LogP contribution in [0.4, 0.5) is 0 Å². The van der Waals surface area contributed by atoms with Gasteiger partial charge < -0.3 is 8.80 Å². The van der Waals surface area contributed by atoms with Gasteiger partial charge >= 0.3 is 0 Å². The van der Waals surface area contributed by atoms with Gasteiger partial charge in [-0.1, -0.05) is 182 Å². The van der Waals surface area contributed by atoms with Crippen LogP contribution >= 0.6 is 0 Å². The summed E-state index contributed by atoms with van der Waals surface area (Å²) in [6.07, 6.45) is 0. The Morgan fingerprint density at radius 2 is 0.758 bits per heavy atom. The number of rotatable bonds is 3. The lowest BCUT2D eigenvalue weighted by molar-refractivity contribution is 1.38. The Labute approximate surface area is 378 Å². The molecule has 0 N–H and O–H groups in total. The van der Waals surface area contributed by atoms with Gasteiger partial charge in [-0.05, 0) is 113 Å². The fourth-order valence-electron chi connectivity index (χ4n) is 12.4. The van der Waals surface area contributed by atoms with Gasteiger partial charge in [0, 0.05) is 43.1 Å². The first-order valence-corrected chi connectivity index (χ1v) is 23.0. The molecule has 4 aromatic heterocycles. The molecule has 0 saturated carbocycles. The molecule has 0 atom stereocenters. The zero-order chi connectivity index (χ0) is 42.8. The van der Waals surface area contributed by atoms with E-state index in [2.05, 4.69) is 227 Å². The van der Waals surface area contributed by atoms with Crippen LogP contribution in [0.15, 0.2) is 218 Å². The van der Waals surface area contributed by atoms with E-state index in [4.69, 9.17) is 0 Å². The molecule has 0 saturated heterocycles. The molecule has 12 aromatic carbocycles. The second-order valence-electron chi connectivity index (χ2n) is 18.3. The molecule has 0 unspecified atom stereocenters. The molecule has 0 aliphatic rings. The van der Waals surface area contributed by atoms with Crippen molar-refractivity contribution in [3.05, 3.63) is 218 Å². The lowest BCUT2D eigenvalue weighted by atomic mass is 9.89. The van der Waals surface area contributed by atoms with Crippen molar-refractivity contribution in [1.82, 2.24) is 8.80 Å². The van der Waals surface area contributed by atoms with Crippen LogP contribution in [0.1, 0.15) is 0 Å². The third-order valence-electron chi connectivity index (χ3n) is 15.1. The molecule has 16 aromatic rings. The van der Waals surface area contributed by atoms with Crippen molar-refractivity contribution in [1.29, 1.82) is 0 Å². The number of aromatic nitrogens is 2. The smallest absolute Gasteiger partial charge is 0.0626 e. The van der Waals surface area contributed by atoms with Crippen molar-refractivity contribution in [3.8, 4) is 33.4 Å². The quantitative estimate of drug-likeness (QED) is 0.168. The fraction of sp³-hybridized carbons (Fsp3) is 0. The summed E-state index contributed by atoms with van der Waals surface area (Å²) < 4.78 is 5.13. The van der Waals surface area contributed by atoms with Gasteiger partial charge in [0.25, 0.3) is 0 Å². The van der Waals surface area contributed by atoms with E-state index >= 15 is 0 Å². The first-order valence-electron chi connectivity index (χ1n) is 23.0. The predicted octanol–water partition coefficient (Wildman–Crippen LogP) is 17.6. The van der Waals surface area contributed by atoms with Crippen molar-refractivity contribution in [2.24, 2.45) is 0 Å². The first-order chi connectivity index (χ1) is 32.8. The highest BCUT2D eigenvalue weighted by molar-refractivity contribution is 6.34. The predicted molar refractivity (Wildman–Crippen MR) is 282 cm³/mol. The molecule has 0 fully saturated rings. The van der Waals surface area contributed by atoms with Gasteiger partial charge in [0.05, 0.1) is 33.1 Å². The summed E-state index contributed by atoms with van der Waals surface area (Å²) in [5, 5.41) is 20.5. The van der Waals surface area contributed by atoms with Crippen LogP contribution in [0.25, 0.3) is 153 Å². The molecule has 0 radical (unpaired) electrons. The normalized spacial score (nSPS) is 12.5. The Morgan fingerprint density at radius 1 is 0.227 bits per heavy atom. The van der Waals surface area contributed by atoms with E-state index in [-0.39, 0.29) is 0 Å². The summed E-state index contributed by atoms with van der Waals surface area (Å²) in [7, 11) is 0. The zero-order valence-electron chi connectivity index (χ0n) is 35.7. The van der Waals surface area contributed by atoms with Gasteiger partial charge in [0.15, 0.2) is 0 Å². The number of hydrogen-bond acceptors (Lipinski definition) is 0. The second kappa shape index (κ2) is 12.5. The number of para-hydroxylation sites is 1. The van der Waals surface area contributed by atoms with Crippen molar-refractivity contribution in [2.45, 2.75) is 0 Å². The van der Waals surface area contributed by atoms with E-state index in [0.717, 1.165) is 0 Å². The van der Waals surface area contributed by atoms with E-state index in [0.29, 0.717) is 0 Å². The Hall–Kier alpha value is -8.72. The van der Waals surface area contributed by atoms with Crippen LogP contribution in [0.3, 0.4) is 0 Å². The molecule has 4 heterocycles. The molecule has 0 amide bonds. The maximum Gasteiger partial charge on any atom is 0.0626 e. The SMILES string of the molecule is c1ccc(-c2c3ccccc3cc3c2c2cccc4c5c(-c6ccccc6)c6ccc(-c7ccc8c9c%10ccccc%10ccc9n9c%10cc%11ccccc%11cc%10c7c89)cc6cc5n3c24)cc1. The van der Waals surface area contributed by atoms with Gasteiger partial charge in [0.2, 0.25) is 0 Å². The standard InChI is InChI=1S/C64H36N2/c1-3-15-38(16-4-1)57-46-23-12-10-21-42(46)35-55-61(57)49-24-13-25-50-62-56(66(55)63(49)50)36-44-32-43(26-28-48(44)58(62)39-17-5-2-6-18-39)47-29-30-51-59-45-22-11-9-14-37(45)27-31-53(59)65-54-34-41-20-8-7-19-40(41)33-52(54)60(47)64(51)65/h1-36H. The van der Waals surface area contributed by atoms with Crippen LogP contribution in [0.2, 0.25) is 0 Å². The number of nitrogens with zero attached hydrogens (tertiary/aromatic N) is 2. The summed E-state index contributed by atoms with van der Waals surface area (Å²) in [5.41, 5.74) is 15.1. The van der Waals surface area contributed by atoms with Crippen LogP contribution in [-0.4, -0.2) is 8.80 Å². The molecule has 0 spiro atoms. The van der Waals surface area contributed by atoms with E-state index in [9.17, 15) is 0 Å². The highest BCUT2D eigenvalue weighted by Gasteiger charge is 2.26. The fourth-order valence-corrected chi connectivity index (χ4v) is 12.4. The Balaban J connectivity index is 1.05. The third-order valence-corrected chi connectivity index (χ3v) is 15.1. The van der Waals surface area contributed by atoms with Gasteiger partial charge in [0.1, 0.15) is 0 Å². The number of benzene rings is 12. The lowest BCUT2D eigenvalue weighted by Gasteiger charge is -2.14. The third kappa shape index (κ3) is 4.36. The molecular formula is C64H36N2. The Kier molecular flexibility index (Phi) is 6.58. The largest absolute Gasteiger partial charge is 0.308 e. The first kappa shape index (κ1) is 34.7. The summed E-state index contributed by atoms with van der Waals surface area (Å²) in [5.74, 6) is 0. The lowest BCUT2D eigenvalue weighted by Crippen LogP contribution is -1.89. The van der Waals surface area contributed by atoms with Gasteiger partial charge in [-0.15, -0.1) is 0 Å². The molecular weight excluding hydrogens is 797 g/mol. The number of hydrogen-bond donors (Lipinski definition) is 0. The van der Waals surface area contributed by atoms with Gasteiger partial charge in [-0.3, -0.25) is 0 Å². The van der Waals surface area contributed by atoms with E-state index in [1.807, 2.05) is 0 Å². The maximum atomic E-state index is 2.59. The topological polar surface area (TPSA) is 8.82 Å². The minimum atomic E-state index is 1.22. The Bertz CT molecular complexity index is 4730. The summed E-state index contributed by atoms with van der Waals surface area (Å²) in [6, 6.07) is 82.0. The van der Waals surface area contributed by atoms with E-state index in [1.165, 1.54) is 153 Å². The monoisotopic (exact) mass is 832 g/mol. The Morgan fingerprint density at radius 3 is 1.48 bits per heavy atom.